The Balaban J connectivity index is 1.71. The van der Waals surface area contributed by atoms with E-state index >= 15 is 0 Å². The van der Waals surface area contributed by atoms with Crippen molar-refractivity contribution in [3.05, 3.63) is 0 Å². The lowest BCUT2D eigenvalue weighted by Gasteiger charge is -2.47. The highest BCUT2D eigenvalue weighted by Gasteiger charge is 3.01. The maximum atomic E-state index is 13.3. The van der Waals surface area contributed by atoms with Crippen LogP contribution in [0.4, 0.5) is 0 Å². The van der Waals surface area contributed by atoms with Crippen molar-refractivity contribution >= 4 is 17.9 Å². The Morgan fingerprint density at radius 1 is 0.967 bits per heavy atom. The minimum atomic E-state index is -1.89. The van der Waals surface area contributed by atoms with Gasteiger partial charge in [-0.15, -0.1) is 0 Å². The van der Waals surface area contributed by atoms with Crippen molar-refractivity contribution in [3.63, 3.8) is 0 Å². The predicted octanol–water partition coefficient (Wildman–Crippen LogP) is -1.51. The van der Waals surface area contributed by atoms with Crippen LogP contribution in [0.3, 0.4) is 0 Å². The molecule has 0 aromatic carbocycles. The molecule has 3 N–H and O–H groups in total. The molecule has 10 unspecified atom stereocenters. The van der Waals surface area contributed by atoms with E-state index in [-0.39, 0.29) is 0 Å². The lowest BCUT2D eigenvalue weighted by atomic mass is 9.51. The summed E-state index contributed by atoms with van der Waals surface area (Å²) in [6.45, 7) is 7.05. The summed E-state index contributed by atoms with van der Waals surface area (Å²) in [5, 5.41) is 34.2. The van der Waals surface area contributed by atoms with Crippen LogP contribution in [0.1, 0.15) is 27.7 Å². The first-order valence-electron chi connectivity index (χ1n) is 10.2. The van der Waals surface area contributed by atoms with E-state index in [9.17, 15) is 29.7 Å². The Bertz CT molecular complexity index is 910. The molecule has 0 amide bonds. The van der Waals surface area contributed by atoms with Gasteiger partial charge >= 0.3 is 17.9 Å². The average molecular weight is 424 g/mol. The number of carbonyl (C=O) groups excluding carboxylic acids is 3. The molecule has 0 aromatic heterocycles. The van der Waals surface area contributed by atoms with Crippen LogP contribution in [-0.2, 0) is 33.3 Å². The number of rotatable bonds is 0. The molecule has 2 saturated carbocycles. The Morgan fingerprint density at radius 2 is 1.63 bits per heavy atom. The zero-order chi connectivity index (χ0) is 21.8. The highest BCUT2D eigenvalue weighted by Crippen LogP contribution is 2.83. The van der Waals surface area contributed by atoms with Crippen LogP contribution in [0.2, 0.25) is 0 Å². The molecule has 30 heavy (non-hydrogen) atoms. The van der Waals surface area contributed by atoms with Crippen LogP contribution in [0.15, 0.2) is 0 Å². The largest absolute Gasteiger partial charge is 0.459 e. The molecule has 0 bridgehead atoms. The van der Waals surface area contributed by atoms with Crippen LogP contribution in [-0.4, -0.2) is 75.6 Å². The quantitative estimate of drug-likeness (QED) is 0.309. The fraction of sp³-hybridized carbons (Fsp3) is 0.850. The maximum absolute atomic E-state index is 13.3. The maximum Gasteiger partial charge on any atom is 0.340 e. The molecule has 2 spiro atoms. The molecule has 6 rings (SSSR count). The van der Waals surface area contributed by atoms with E-state index in [1.165, 1.54) is 0 Å². The van der Waals surface area contributed by atoms with Gasteiger partial charge in [-0.25, -0.2) is 9.59 Å². The van der Waals surface area contributed by atoms with E-state index < -0.39 is 94.3 Å². The van der Waals surface area contributed by atoms with Crippen molar-refractivity contribution in [3.8, 4) is 0 Å². The molecule has 12 atom stereocenters. The fourth-order valence-electron chi connectivity index (χ4n) is 8.28. The van der Waals surface area contributed by atoms with Gasteiger partial charge in [0.1, 0.15) is 18.3 Å². The number of carbonyl (C=O) groups is 3. The molecular weight excluding hydrogens is 400 g/mol. The van der Waals surface area contributed by atoms with Gasteiger partial charge in [0.15, 0.2) is 11.7 Å². The van der Waals surface area contributed by atoms with Crippen molar-refractivity contribution in [2.75, 3.05) is 0 Å². The summed E-state index contributed by atoms with van der Waals surface area (Å²) >= 11 is 0. The smallest absolute Gasteiger partial charge is 0.340 e. The average Bonchev–Trinajstić information content (AvgIpc) is 3.34. The van der Waals surface area contributed by atoms with Gasteiger partial charge in [-0.3, -0.25) is 4.79 Å². The van der Waals surface area contributed by atoms with Gasteiger partial charge in [-0.1, -0.05) is 27.7 Å². The normalized spacial score (nSPS) is 60.1. The SMILES string of the molecule is CC1C(=O)OC2C(O)C34C5OC(=O)[C@]3(OC3OC(=O)C(O)[C@@]34C(C(C)(C)C)C5O)C12. The minimum Gasteiger partial charge on any atom is -0.459 e. The highest BCUT2D eigenvalue weighted by molar-refractivity contribution is 5.92. The van der Waals surface area contributed by atoms with Gasteiger partial charge in [0, 0.05) is 5.92 Å². The van der Waals surface area contributed by atoms with Crippen molar-refractivity contribution in [1.29, 1.82) is 0 Å². The van der Waals surface area contributed by atoms with E-state index in [1.807, 2.05) is 20.8 Å². The summed E-state index contributed by atoms with van der Waals surface area (Å²) in [6.07, 6.45) is -8.29. The predicted molar refractivity (Wildman–Crippen MR) is 91.9 cm³/mol. The van der Waals surface area contributed by atoms with E-state index in [1.54, 1.807) is 6.92 Å². The molecule has 0 aromatic rings. The Kier molecular flexibility index (Phi) is 3.06. The second-order valence-corrected chi connectivity index (χ2v) is 10.6. The van der Waals surface area contributed by atoms with E-state index in [4.69, 9.17) is 18.9 Å². The lowest BCUT2D eigenvalue weighted by Crippen LogP contribution is -2.63. The minimum absolute atomic E-state index is 0.581. The molecule has 4 aliphatic heterocycles. The fourth-order valence-corrected chi connectivity index (χ4v) is 8.28. The number of hydrogen-bond acceptors (Lipinski definition) is 10. The number of esters is 3. The molecule has 164 valence electrons. The number of hydrogen-bond donors (Lipinski definition) is 3. The topological polar surface area (TPSA) is 149 Å². The number of fused-ring (bicyclic) bond motifs is 1. The van der Waals surface area contributed by atoms with Crippen molar-refractivity contribution in [2.45, 2.75) is 70.1 Å². The van der Waals surface area contributed by atoms with Crippen LogP contribution in [0.5, 0.6) is 0 Å². The summed E-state index contributed by atoms with van der Waals surface area (Å²) in [5.41, 5.74) is -5.96. The van der Waals surface area contributed by atoms with Crippen molar-refractivity contribution < 1.29 is 48.7 Å². The first-order valence-corrected chi connectivity index (χ1v) is 10.2. The third-order valence-electron chi connectivity index (χ3n) is 8.76. The van der Waals surface area contributed by atoms with Crippen LogP contribution >= 0.6 is 0 Å². The molecule has 10 nitrogen and oxygen atoms in total. The zero-order valence-corrected chi connectivity index (χ0v) is 16.9. The number of aliphatic hydroxyl groups is 3. The zero-order valence-electron chi connectivity index (χ0n) is 16.9. The Morgan fingerprint density at radius 3 is 2.27 bits per heavy atom. The molecule has 2 aliphatic carbocycles. The molecule has 6 fully saturated rings. The lowest BCUT2D eigenvalue weighted by molar-refractivity contribution is -0.208. The Labute approximate surface area is 171 Å². The second-order valence-electron chi connectivity index (χ2n) is 10.6. The monoisotopic (exact) mass is 424 g/mol. The van der Waals surface area contributed by atoms with Gasteiger partial charge < -0.3 is 34.3 Å². The summed E-state index contributed by atoms with van der Waals surface area (Å²) < 4.78 is 22.7. The summed E-state index contributed by atoms with van der Waals surface area (Å²) in [7, 11) is 0. The standard InChI is InChI=1S/C20H24O10/c1-5-6-8(27-13(5)24)10(22)19-12-7(21)9(17(2,3)4)18(19)11(23)14(25)29-16(18)30-20(6,19)15(26)28-12/h5-12,16,21-23H,1-4H3/t5?,6?,7?,8?,9?,10?,11?,12?,16?,18-,19?,20+/m0/s1. The van der Waals surface area contributed by atoms with E-state index in [0.717, 1.165) is 0 Å². The van der Waals surface area contributed by atoms with Crippen molar-refractivity contribution in [1.82, 2.24) is 0 Å². The molecule has 0 radical (unpaired) electrons. The van der Waals surface area contributed by atoms with Gasteiger partial charge in [-0.05, 0) is 5.41 Å². The van der Waals surface area contributed by atoms with Gasteiger partial charge in [0.25, 0.3) is 0 Å². The number of aliphatic hydroxyl groups excluding tert-OH is 3. The van der Waals surface area contributed by atoms with Crippen LogP contribution in [0.25, 0.3) is 0 Å². The molecule has 6 aliphatic rings. The summed E-state index contributed by atoms with van der Waals surface area (Å²) in [4.78, 5) is 38.2. The van der Waals surface area contributed by atoms with Crippen LogP contribution < -0.4 is 0 Å². The summed E-state index contributed by atoms with van der Waals surface area (Å²) in [6, 6.07) is 0. The highest BCUT2D eigenvalue weighted by atomic mass is 16.7. The molecule has 10 heteroatoms. The van der Waals surface area contributed by atoms with Crippen molar-refractivity contribution in [2.24, 2.45) is 34.0 Å². The van der Waals surface area contributed by atoms with Gasteiger partial charge in [0.2, 0.25) is 6.29 Å². The second kappa shape index (κ2) is 4.85. The Hall–Kier alpha value is -1.75. The summed E-state index contributed by atoms with van der Waals surface area (Å²) in [5.74, 6) is -4.90. The first kappa shape index (κ1) is 19.0. The van der Waals surface area contributed by atoms with Gasteiger partial charge in [-0.2, -0.15) is 0 Å². The third kappa shape index (κ3) is 1.40. The third-order valence-corrected chi connectivity index (χ3v) is 8.76. The molecular formula is C20H24O10. The molecule has 4 saturated heterocycles. The number of ether oxygens (including phenoxy) is 4. The van der Waals surface area contributed by atoms with E-state index in [2.05, 4.69) is 0 Å². The molecule has 4 heterocycles. The van der Waals surface area contributed by atoms with Crippen LogP contribution in [0, 0.1) is 34.0 Å². The first-order chi connectivity index (χ1) is 13.9. The van der Waals surface area contributed by atoms with Gasteiger partial charge in [0.05, 0.1) is 28.8 Å². The van der Waals surface area contributed by atoms with E-state index in [0.29, 0.717) is 0 Å².